The van der Waals surface area contributed by atoms with Gasteiger partial charge in [-0.1, -0.05) is 48.5 Å². The highest BCUT2D eigenvalue weighted by molar-refractivity contribution is 5.34. The van der Waals surface area contributed by atoms with E-state index in [4.69, 9.17) is 4.74 Å². The summed E-state index contributed by atoms with van der Waals surface area (Å²) in [6.07, 6.45) is 2.53. The first kappa shape index (κ1) is 15.5. The molecule has 21 heavy (non-hydrogen) atoms. The van der Waals surface area contributed by atoms with Crippen molar-refractivity contribution in [2.45, 2.75) is 25.5 Å². The fourth-order valence-electron chi connectivity index (χ4n) is 2.34. The molecule has 0 radical (unpaired) electrons. The lowest BCUT2D eigenvalue weighted by molar-refractivity contribution is 0.135. The number of aryl methyl sites for hydroxylation is 1. The van der Waals surface area contributed by atoms with Gasteiger partial charge in [-0.2, -0.15) is 0 Å². The van der Waals surface area contributed by atoms with Gasteiger partial charge in [-0.15, -0.1) is 0 Å². The quantitative estimate of drug-likeness (QED) is 0.577. The third kappa shape index (κ3) is 4.88. The van der Waals surface area contributed by atoms with Crippen LogP contribution < -0.4 is 10.1 Å². The Kier molecular flexibility index (Phi) is 6.25. The minimum Gasteiger partial charge on any atom is -0.496 e. The molecular weight excluding hydrogens is 262 g/mol. The van der Waals surface area contributed by atoms with E-state index in [0.717, 1.165) is 31.4 Å². The van der Waals surface area contributed by atoms with E-state index >= 15 is 0 Å². The summed E-state index contributed by atoms with van der Waals surface area (Å²) in [5, 5.41) is 13.3. The number of unbranched alkanes of at least 4 members (excludes halogenated alkanes) is 1. The summed E-state index contributed by atoms with van der Waals surface area (Å²) in [4.78, 5) is 0. The molecule has 0 saturated heterocycles. The van der Waals surface area contributed by atoms with Crippen LogP contribution >= 0.6 is 0 Å². The van der Waals surface area contributed by atoms with E-state index in [-0.39, 0.29) is 0 Å². The van der Waals surface area contributed by atoms with Crippen LogP contribution in [-0.4, -0.2) is 18.8 Å². The zero-order valence-electron chi connectivity index (χ0n) is 12.5. The zero-order valence-corrected chi connectivity index (χ0v) is 12.5. The third-order valence-electron chi connectivity index (χ3n) is 3.51. The zero-order chi connectivity index (χ0) is 14.9. The van der Waals surface area contributed by atoms with E-state index in [1.807, 2.05) is 30.3 Å². The summed E-state index contributed by atoms with van der Waals surface area (Å²) in [6, 6.07) is 18.0. The average Bonchev–Trinajstić information content (AvgIpc) is 2.55. The van der Waals surface area contributed by atoms with Crippen molar-refractivity contribution < 1.29 is 9.84 Å². The molecule has 1 atom stereocenters. The van der Waals surface area contributed by atoms with Crippen molar-refractivity contribution in [3.63, 3.8) is 0 Å². The minimum atomic E-state index is -0.683. The van der Waals surface area contributed by atoms with Gasteiger partial charge in [0.15, 0.2) is 0 Å². The van der Waals surface area contributed by atoms with E-state index < -0.39 is 6.23 Å². The van der Waals surface area contributed by atoms with Crippen molar-refractivity contribution in [2.75, 3.05) is 13.7 Å². The topological polar surface area (TPSA) is 41.5 Å². The summed E-state index contributed by atoms with van der Waals surface area (Å²) >= 11 is 0. The summed E-state index contributed by atoms with van der Waals surface area (Å²) in [5.41, 5.74) is 2.14. The number of aliphatic hydroxyl groups excluding tert-OH is 1. The van der Waals surface area contributed by atoms with E-state index in [2.05, 4.69) is 29.6 Å². The first-order valence-electron chi connectivity index (χ1n) is 7.39. The van der Waals surface area contributed by atoms with Crippen molar-refractivity contribution in [3.8, 4) is 5.75 Å². The predicted molar refractivity (Wildman–Crippen MR) is 85.3 cm³/mol. The van der Waals surface area contributed by atoms with Crippen LogP contribution in [0.1, 0.15) is 30.2 Å². The van der Waals surface area contributed by atoms with Gasteiger partial charge < -0.3 is 9.84 Å². The minimum absolute atomic E-state index is 0.683. The molecule has 112 valence electrons. The van der Waals surface area contributed by atoms with Gasteiger partial charge in [0.1, 0.15) is 12.0 Å². The number of aliphatic hydroxyl groups is 1. The predicted octanol–water partition coefficient (Wildman–Crippen LogP) is 3.30. The molecule has 2 aromatic rings. The Morgan fingerprint density at radius 1 is 1.00 bits per heavy atom. The van der Waals surface area contributed by atoms with E-state index in [1.165, 1.54) is 5.56 Å². The Labute approximate surface area is 126 Å². The van der Waals surface area contributed by atoms with Gasteiger partial charge in [0.05, 0.1) is 7.11 Å². The van der Waals surface area contributed by atoms with E-state index in [0.29, 0.717) is 5.75 Å². The van der Waals surface area contributed by atoms with Gasteiger partial charge in [-0.05, 0) is 37.4 Å². The molecule has 0 bridgehead atoms. The number of methoxy groups -OCH3 is 1. The Balaban J connectivity index is 1.71. The molecule has 0 aliphatic rings. The normalized spacial score (nSPS) is 12.1. The molecule has 0 aliphatic heterocycles. The summed E-state index contributed by atoms with van der Waals surface area (Å²) in [7, 11) is 1.62. The molecule has 2 N–H and O–H groups in total. The molecule has 0 aliphatic carbocycles. The summed E-state index contributed by atoms with van der Waals surface area (Å²) in [6.45, 7) is 0.784. The number of para-hydroxylation sites is 1. The largest absolute Gasteiger partial charge is 0.496 e. The molecule has 3 heteroatoms. The first-order chi connectivity index (χ1) is 10.3. The van der Waals surface area contributed by atoms with Gasteiger partial charge in [0, 0.05) is 5.56 Å². The SMILES string of the molecule is COc1ccccc1C(O)NCCCCc1ccccc1. The van der Waals surface area contributed by atoms with E-state index in [9.17, 15) is 5.11 Å². The molecule has 0 spiro atoms. The monoisotopic (exact) mass is 285 g/mol. The van der Waals surface area contributed by atoms with Crippen LogP contribution in [0.5, 0.6) is 5.75 Å². The standard InChI is InChI=1S/C18H23NO2/c1-21-17-13-6-5-12-16(17)18(20)19-14-8-7-11-15-9-3-2-4-10-15/h2-6,9-10,12-13,18-20H,7-8,11,14H2,1H3. The van der Waals surface area contributed by atoms with Crippen LogP contribution in [0.25, 0.3) is 0 Å². The molecule has 2 aromatic carbocycles. The third-order valence-corrected chi connectivity index (χ3v) is 3.51. The van der Waals surface area contributed by atoms with Crippen molar-refractivity contribution in [1.29, 1.82) is 0 Å². The van der Waals surface area contributed by atoms with Crippen LogP contribution in [0.3, 0.4) is 0 Å². The van der Waals surface area contributed by atoms with Gasteiger partial charge >= 0.3 is 0 Å². The van der Waals surface area contributed by atoms with Gasteiger partial charge in [0.25, 0.3) is 0 Å². The molecule has 2 rings (SSSR count). The molecule has 0 fully saturated rings. The van der Waals surface area contributed by atoms with Crippen LogP contribution in [-0.2, 0) is 6.42 Å². The fraction of sp³-hybridized carbons (Fsp3) is 0.333. The maximum atomic E-state index is 10.2. The highest BCUT2D eigenvalue weighted by Crippen LogP contribution is 2.22. The van der Waals surface area contributed by atoms with E-state index in [1.54, 1.807) is 7.11 Å². The molecule has 1 unspecified atom stereocenters. The van der Waals surface area contributed by atoms with Crippen LogP contribution in [0.2, 0.25) is 0 Å². The Morgan fingerprint density at radius 3 is 2.48 bits per heavy atom. The van der Waals surface area contributed by atoms with Crippen molar-refractivity contribution >= 4 is 0 Å². The molecule has 0 aromatic heterocycles. The Hall–Kier alpha value is -1.84. The first-order valence-corrected chi connectivity index (χ1v) is 7.39. The number of benzene rings is 2. The number of hydrogen-bond acceptors (Lipinski definition) is 3. The molecule has 0 heterocycles. The second-order valence-corrected chi connectivity index (χ2v) is 5.04. The summed E-state index contributed by atoms with van der Waals surface area (Å²) < 4.78 is 5.25. The Morgan fingerprint density at radius 2 is 1.71 bits per heavy atom. The molecule has 0 saturated carbocycles. The number of ether oxygens (including phenoxy) is 1. The maximum absolute atomic E-state index is 10.2. The highest BCUT2D eigenvalue weighted by Gasteiger charge is 2.11. The smallest absolute Gasteiger partial charge is 0.134 e. The average molecular weight is 285 g/mol. The fourth-order valence-corrected chi connectivity index (χ4v) is 2.34. The van der Waals surface area contributed by atoms with Crippen molar-refractivity contribution in [3.05, 3.63) is 65.7 Å². The number of hydrogen-bond donors (Lipinski definition) is 2. The van der Waals surface area contributed by atoms with Crippen LogP contribution in [0.15, 0.2) is 54.6 Å². The van der Waals surface area contributed by atoms with Crippen molar-refractivity contribution in [1.82, 2.24) is 5.32 Å². The molecule has 0 amide bonds. The second-order valence-electron chi connectivity index (χ2n) is 5.04. The lowest BCUT2D eigenvalue weighted by atomic mass is 10.1. The maximum Gasteiger partial charge on any atom is 0.134 e. The molecule has 3 nitrogen and oxygen atoms in total. The second kappa shape index (κ2) is 8.45. The van der Waals surface area contributed by atoms with Crippen LogP contribution in [0.4, 0.5) is 0 Å². The van der Waals surface area contributed by atoms with Crippen molar-refractivity contribution in [2.24, 2.45) is 0 Å². The summed E-state index contributed by atoms with van der Waals surface area (Å²) in [5.74, 6) is 0.710. The lowest BCUT2D eigenvalue weighted by Gasteiger charge is -2.16. The van der Waals surface area contributed by atoms with Gasteiger partial charge in [0.2, 0.25) is 0 Å². The molecular formula is C18H23NO2. The van der Waals surface area contributed by atoms with Crippen LogP contribution in [0, 0.1) is 0 Å². The van der Waals surface area contributed by atoms with Gasteiger partial charge in [-0.3, -0.25) is 5.32 Å². The van der Waals surface area contributed by atoms with Gasteiger partial charge in [-0.25, -0.2) is 0 Å². The highest BCUT2D eigenvalue weighted by atomic mass is 16.5. The lowest BCUT2D eigenvalue weighted by Crippen LogP contribution is -2.22. The Bertz CT molecular complexity index is 528. The number of rotatable bonds is 8. The number of nitrogens with one attached hydrogen (secondary N) is 1.